The molecule has 0 radical (unpaired) electrons. The summed E-state index contributed by atoms with van der Waals surface area (Å²) in [5, 5.41) is 2.96. The van der Waals surface area contributed by atoms with Crippen LogP contribution in [0.1, 0.15) is 43.1 Å². The Bertz CT molecular complexity index is 432. The van der Waals surface area contributed by atoms with Gasteiger partial charge in [-0.1, -0.05) is 0 Å². The van der Waals surface area contributed by atoms with Crippen LogP contribution in [0.25, 0.3) is 0 Å². The summed E-state index contributed by atoms with van der Waals surface area (Å²) in [5.74, 6) is 0.898. The summed E-state index contributed by atoms with van der Waals surface area (Å²) >= 11 is 0. The van der Waals surface area contributed by atoms with Crippen LogP contribution >= 0.6 is 0 Å². The van der Waals surface area contributed by atoms with Crippen molar-refractivity contribution in [1.82, 2.24) is 5.32 Å². The van der Waals surface area contributed by atoms with E-state index in [2.05, 4.69) is 5.32 Å². The highest BCUT2D eigenvalue weighted by molar-refractivity contribution is 5.95. The van der Waals surface area contributed by atoms with Gasteiger partial charge in [-0.3, -0.25) is 4.79 Å². The minimum Gasteiger partial charge on any atom is -0.493 e. The monoisotopic (exact) mass is 233 g/mol. The highest BCUT2D eigenvalue weighted by atomic mass is 16.5. The number of amides is 1. The van der Waals surface area contributed by atoms with E-state index in [1.807, 2.05) is 39.0 Å². The van der Waals surface area contributed by atoms with Crippen LogP contribution in [0, 0.1) is 0 Å². The van der Waals surface area contributed by atoms with Gasteiger partial charge >= 0.3 is 0 Å². The van der Waals surface area contributed by atoms with Gasteiger partial charge in [0.15, 0.2) is 0 Å². The standard InChI is InChI=1S/C14H19NO2/c1-14(2,3)15-13(16)11-6-7-12-10(9-11)5-4-8-17-12/h6-7,9H,4-5,8H2,1-3H3,(H,15,16). The first-order valence-electron chi connectivity index (χ1n) is 6.04. The average Bonchev–Trinajstić information content (AvgIpc) is 2.26. The normalized spacial score (nSPS) is 14.8. The predicted molar refractivity (Wildman–Crippen MR) is 67.5 cm³/mol. The molecule has 1 amide bonds. The molecule has 1 aromatic carbocycles. The fraction of sp³-hybridized carbons (Fsp3) is 0.500. The summed E-state index contributed by atoms with van der Waals surface area (Å²) < 4.78 is 5.53. The van der Waals surface area contributed by atoms with Gasteiger partial charge in [0.2, 0.25) is 0 Å². The highest BCUT2D eigenvalue weighted by Gasteiger charge is 2.17. The lowest BCUT2D eigenvalue weighted by Gasteiger charge is -2.22. The zero-order chi connectivity index (χ0) is 12.5. The van der Waals surface area contributed by atoms with Crippen LogP contribution in [0.2, 0.25) is 0 Å². The van der Waals surface area contributed by atoms with E-state index in [1.54, 1.807) is 0 Å². The van der Waals surface area contributed by atoms with Crippen molar-refractivity contribution in [1.29, 1.82) is 0 Å². The maximum absolute atomic E-state index is 12.0. The molecule has 2 rings (SSSR count). The van der Waals surface area contributed by atoms with Gasteiger partial charge in [-0.15, -0.1) is 0 Å². The fourth-order valence-corrected chi connectivity index (χ4v) is 1.91. The van der Waals surface area contributed by atoms with Crippen molar-refractivity contribution in [3.8, 4) is 5.75 Å². The molecular formula is C14H19NO2. The van der Waals surface area contributed by atoms with Crippen molar-refractivity contribution in [2.24, 2.45) is 0 Å². The maximum atomic E-state index is 12.0. The van der Waals surface area contributed by atoms with Crippen LogP contribution in [-0.2, 0) is 6.42 Å². The molecule has 0 fully saturated rings. The van der Waals surface area contributed by atoms with Crippen LogP contribution in [0.4, 0.5) is 0 Å². The quantitative estimate of drug-likeness (QED) is 0.809. The number of benzene rings is 1. The molecule has 17 heavy (non-hydrogen) atoms. The molecule has 0 aromatic heterocycles. The summed E-state index contributed by atoms with van der Waals surface area (Å²) in [4.78, 5) is 12.0. The van der Waals surface area contributed by atoms with Gasteiger partial charge in [0, 0.05) is 11.1 Å². The van der Waals surface area contributed by atoms with E-state index >= 15 is 0 Å². The first-order valence-corrected chi connectivity index (χ1v) is 6.04. The average molecular weight is 233 g/mol. The molecule has 0 bridgehead atoms. The first kappa shape index (κ1) is 12.0. The van der Waals surface area contributed by atoms with Crippen molar-refractivity contribution in [2.45, 2.75) is 39.2 Å². The molecule has 0 atom stereocenters. The summed E-state index contributed by atoms with van der Waals surface area (Å²) in [5.41, 5.74) is 1.64. The Hall–Kier alpha value is -1.51. The minimum atomic E-state index is -0.205. The molecule has 1 N–H and O–H groups in total. The number of rotatable bonds is 1. The first-order chi connectivity index (χ1) is 7.96. The van der Waals surface area contributed by atoms with Crippen molar-refractivity contribution >= 4 is 5.91 Å². The number of hydrogen-bond donors (Lipinski definition) is 1. The van der Waals surface area contributed by atoms with E-state index in [-0.39, 0.29) is 11.4 Å². The van der Waals surface area contributed by atoms with E-state index in [1.165, 1.54) is 0 Å². The van der Waals surface area contributed by atoms with Gasteiger partial charge in [-0.2, -0.15) is 0 Å². The van der Waals surface area contributed by atoms with Gasteiger partial charge in [0.25, 0.3) is 5.91 Å². The van der Waals surface area contributed by atoms with E-state index < -0.39 is 0 Å². The number of ether oxygens (including phenoxy) is 1. The lowest BCUT2D eigenvalue weighted by atomic mass is 10.0. The number of fused-ring (bicyclic) bond motifs is 1. The zero-order valence-corrected chi connectivity index (χ0v) is 10.7. The van der Waals surface area contributed by atoms with Gasteiger partial charge in [0.1, 0.15) is 5.75 Å². The Labute approximate surface area is 102 Å². The molecule has 0 saturated heterocycles. The predicted octanol–water partition coefficient (Wildman–Crippen LogP) is 2.54. The Balaban J connectivity index is 2.19. The maximum Gasteiger partial charge on any atom is 0.251 e. The SMILES string of the molecule is CC(C)(C)NC(=O)c1ccc2c(c1)CCCO2. The Morgan fingerprint density at radius 2 is 2.12 bits per heavy atom. The Kier molecular flexibility index (Phi) is 3.09. The van der Waals surface area contributed by atoms with Crippen LogP contribution in [0.5, 0.6) is 5.75 Å². The van der Waals surface area contributed by atoms with E-state index in [0.717, 1.165) is 30.8 Å². The second kappa shape index (κ2) is 4.40. The molecule has 0 spiro atoms. The van der Waals surface area contributed by atoms with Crippen LogP contribution in [0.3, 0.4) is 0 Å². The summed E-state index contributed by atoms with van der Waals surface area (Å²) in [6.07, 6.45) is 2.02. The minimum absolute atomic E-state index is 0.0223. The van der Waals surface area contributed by atoms with Gasteiger partial charge in [0.05, 0.1) is 6.61 Å². The van der Waals surface area contributed by atoms with Crippen LogP contribution in [0.15, 0.2) is 18.2 Å². The molecule has 92 valence electrons. The topological polar surface area (TPSA) is 38.3 Å². The lowest BCUT2D eigenvalue weighted by molar-refractivity contribution is 0.0919. The molecule has 0 saturated carbocycles. The third-order valence-corrected chi connectivity index (χ3v) is 2.66. The van der Waals surface area contributed by atoms with E-state index in [0.29, 0.717) is 5.56 Å². The fourth-order valence-electron chi connectivity index (χ4n) is 1.91. The molecule has 1 aromatic rings. The molecule has 1 aliphatic heterocycles. The molecule has 3 heteroatoms. The molecule has 0 unspecified atom stereocenters. The van der Waals surface area contributed by atoms with Crippen molar-refractivity contribution < 1.29 is 9.53 Å². The van der Waals surface area contributed by atoms with Crippen molar-refractivity contribution in [2.75, 3.05) is 6.61 Å². The number of carbonyl (C=O) groups excluding carboxylic acids is 1. The highest BCUT2D eigenvalue weighted by Crippen LogP contribution is 2.25. The molecule has 3 nitrogen and oxygen atoms in total. The third kappa shape index (κ3) is 2.99. The molecule has 1 heterocycles. The van der Waals surface area contributed by atoms with Gasteiger partial charge in [-0.05, 0) is 57.4 Å². The number of nitrogens with one attached hydrogen (secondary N) is 1. The number of hydrogen-bond acceptors (Lipinski definition) is 2. The lowest BCUT2D eigenvalue weighted by Crippen LogP contribution is -2.40. The van der Waals surface area contributed by atoms with Crippen LogP contribution < -0.4 is 10.1 Å². The smallest absolute Gasteiger partial charge is 0.251 e. The van der Waals surface area contributed by atoms with Crippen molar-refractivity contribution in [3.05, 3.63) is 29.3 Å². The van der Waals surface area contributed by atoms with E-state index in [9.17, 15) is 4.79 Å². The summed E-state index contributed by atoms with van der Waals surface area (Å²) in [6.45, 7) is 6.71. The molecule has 0 aliphatic carbocycles. The number of carbonyl (C=O) groups is 1. The molecule has 1 aliphatic rings. The Morgan fingerprint density at radius 1 is 1.35 bits per heavy atom. The second-order valence-electron chi connectivity index (χ2n) is 5.48. The second-order valence-corrected chi connectivity index (χ2v) is 5.48. The van der Waals surface area contributed by atoms with Crippen molar-refractivity contribution in [3.63, 3.8) is 0 Å². The van der Waals surface area contributed by atoms with E-state index in [4.69, 9.17) is 4.74 Å². The summed E-state index contributed by atoms with van der Waals surface area (Å²) in [6, 6.07) is 5.66. The third-order valence-electron chi connectivity index (χ3n) is 2.66. The van der Waals surface area contributed by atoms with Gasteiger partial charge < -0.3 is 10.1 Å². The summed E-state index contributed by atoms with van der Waals surface area (Å²) in [7, 11) is 0. The largest absolute Gasteiger partial charge is 0.493 e. The van der Waals surface area contributed by atoms with Crippen LogP contribution in [-0.4, -0.2) is 18.1 Å². The number of aryl methyl sites for hydroxylation is 1. The molecular weight excluding hydrogens is 214 g/mol. The van der Waals surface area contributed by atoms with Gasteiger partial charge in [-0.25, -0.2) is 0 Å². The Morgan fingerprint density at radius 3 is 2.82 bits per heavy atom. The zero-order valence-electron chi connectivity index (χ0n) is 10.7.